The number of nitrogens with zero attached hydrogens (tertiary/aromatic N) is 3. The third-order valence-electron chi connectivity index (χ3n) is 4.09. The lowest BCUT2D eigenvalue weighted by Crippen LogP contribution is -2.29. The molecule has 0 aliphatic carbocycles. The number of aryl methyl sites for hydroxylation is 3. The number of aromatic nitrogens is 4. The van der Waals surface area contributed by atoms with Gasteiger partial charge < -0.3 is 4.57 Å². The van der Waals surface area contributed by atoms with Crippen LogP contribution in [0.2, 0.25) is 0 Å². The highest BCUT2D eigenvalue weighted by atomic mass is 32.2. The fourth-order valence-corrected chi connectivity index (χ4v) is 3.51. The van der Waals surface area contributed by atoms with E-state index in [2.05, 4.69) is 9.97 Å². The zero-order valence-corrected chi connectivity index (χ0v) is 15.1. The second-order valence-corrected chi connectivity index (χ2v) is 8.46. The number of hydrogen-bond acceptors (Lipinski definition) is 5. The molecule has 0 saturated carbocycles. The Labute approximate surface area is 140 Å². The van der Waals surface area contributed by atoms with Crippen molar-refractivity contribution in [3.8, 4) is 0 Å². The molecule has 0 bridgehead atoms. The number of hydrogen-bond donors (Lipinski definition) is 1. The summed E-state index contributed by atoms with van der Waals surface area (Å²) in [6.45, 7) is 2.46. The van der Waals surface area contributed by atoms with Crippen LogP contribution in [-0.2, 0) is 23.4 Å². The van der Waals surface area contributed by atoms with E-state index in [1.807, 2.05) is 11.5 Å². The molecule has 0 amide bonds. The molecule has 0 aliphatic rings. The maximum absolute atomic E-state index is 12.1. The Balaban J connectivity index is 1.97. The predicted octanol–water partition coefficient (Wildman–Crippen LogP) is 0.727. The molecule has 0 atom stereocenters. The van der Waals surface area contributed by atoms with Gasteiger partial charge >= 0.3 is 5.69 Å². The summed E-state index contributed by atoms with van der Waals surface area (Å²) in [7, 11) is -1.29. The van der Waals surface area contributed by atoms with Crippen LogP contribution in [0.5, 0.6) is 0 Å². The lowest BCUT2D eigenvalue weighted by molar-refractivity contribution is 0.562. The SMILES string of the molecule is Cc1nc2c(c(=O)[nH]c(=O)n2C)n1CCCCCCCS(C)(=O)=O. The highest BCUT2D eigenvalue weighted by molar-refractivity contribution is 7.90. The van der Waals surface area contributed by atoms with Gasteiger partial charge in [0, 0.05) is 25.6 Å². The van der Waals surface area contributed by atoms with Gasteiger partial charge in [-0.25, -0.2) is 18.2 Å². The van der Waals surface area contributed by atoms with Crippen molar-refractivity contribution in [3.63, 3.8) is 0 Å². The lowest BCUT2D eigenvalue weighted by Gasteiger charge is -2.06. The van der Waals surface area contributed by atoms with Crippen LogP contribution in [-0.4, -0.2) is 39.5 Å². The van der Waals surface area contributed by atoms with Gasteiger partial charge in [0.15, 0.2) is 11.2 Å². The molecule has 2 heterocycles. The molecule has 0 unspecified atom stereocenters. The predicted molar refractivity (Wildman–Crippen MR) is 93.1 cm³/mol. The molecular weight excluding hydrogens is 332 g/mol. The van der Waals surface area contributed by atoms with Crippen molar-refractivity contribution in [1.29, 1.82) is 0 Å². The van der Waals surface area contributed by atoms with E-state index in [1.54, 1.807) is 7.05 Å². The van der Waals surface area contributed by atoms with Gasteiger partial charge in [0.05, 0.1) is 0 Å². The Morgan fingerprint density at radius 1 is 1.08 bits per heavy atom. The minimum atomic E-state index is -2.87. The van der Waals surface area contributed by atoms with Crippen LogP contribution in [0.4, 0.5) is 0 Å². The maximum Gasteiger partial charge on any atom is 0.329 e. The van der Waals surface area contributed by atoms with Crippen LogP contribution >= 0.6 is 0 Å². The van der Waals surface area contributed by atoms with E-state index in [0.717, 1.165) is 25.7 Å². The summed E-state index contributed by atoms with van der Waals surface area (Å²) >= 11 is 0. The summed E-state index contributed by atoms with van der Waals surface area (Å²) < 4.78 is 25.3. The molecule has 2 aromatic heterocycles. The number of rotatable bonds is 8. The summed E-state index contributed by atoms with van der Waals surface area (Å²) in [6.07, 6.45) is 5.60. The molecule has 0 aliphatic heterocycles. The van der Waals surface area contributed by atoms with Gasteiger partial charge in [-0.2, -0.15) is 0 Å². The van der Waals surface area contributed by atoms with E-state index in [9.17, 15) is 18.0 Å². The van der Waals surface area contributed by atoms with Crippen molar-refractivity contribution < 1.29 is 8.42 Å². The number of fused-ring (bicyclic) bond motifs is 1. The number of sulfone groups is 1. The summed E-state index contributed by atoms with van der Waals surface area (Å²) in [5.74, 6) is 0.940. The summed E-state index contributed by atoms with van der Waals surface area (Å²) in [6, 6.07) is 0. The van der Waals surface area contributed by atoms with Crippen molar-refractivity contribution >= 4 is 21.0 Å². The normalized spacial score (nSPS) is 12.1. The van der Waals surface area contributed by atoms with Crippen molar-refractivity contribution in [3.05, 3.63) is 26.7 Å². The largest absolute Gasteiger partial charge is 0.329 e. The molecule has 9 heteroatoms. The molecule has 8 nitrogen and oxygen atoms in total. The van der Waals surface area contributed by atoms with Crippen LogP contribution < -0.4 is 11.2 Å². The number of H-pyrrole nitrogens is 1. The second kappa shape index (κ2) is 7.33. The molecule has 0 radical (unpaired) electrons. The summed E-state index contributed by atoms with van der Waals surface area (Å²) in [5, 5.41) is 0. The summed E-state index contributed by atoms with van der Waals surface area (Å²) in [5.41, 5.74) is -0.0639. The third kappa shape index (κ3) is 4.34. The monoisotopic (exact) mass is 356 g/mol. The minimum Gasteiger partial charge on any atom is -0.322 e. The number of imidazole rings is 1. The smallest absolute Gasteiger partial charge is 0.322 e. The van der Waals surface area contributed by atoms with Crippen molar-refractivity contribution in [2.45, 2.75) is 45.6 Å². The topological polar surface area (TPSA) is 107 Å². The average molecular weight is 356 g/mol. The standard InChI is InChI=1S/C15H24N4O4S/c1-11-16-13-12(14(20)17-15(21)18(13)2)19(11)9-7-5-4-6-8-10-24(3,22)23/h4-10H2,1-3H3,(H,17,20,21). The van der Waals surface area contributed by atoms with Crippen LogP contribution in [0.1, 0.15) is 37.9 Å². The van der Waals surface area contributed by atoms with Gasteiger partial charge in [-0.1, -0.05) is 19.3 Å². The third-order valence-corrected chi connectivity index (χ3v) is 5.13. The van der Waals surface area contributed by atoms with Gasteiger partial charge in [0.25, 0.3) is 5.56 Å². The molecular formula is C15H24N4O4S. The first-order valence-corrected chi connectivity index (χ1v) is 10.1. The lowest BCUT2D eigenvalue weighted by atomic mass is 10.1. The van der Waals surface area contributed by atoms with Crippen molar-refractivity contribution in [1.82, 2.24) is 19.1 Å². The highest BCUT2D eigenvalue weighted by Gasteiger charge is 2.14. The van der Waals surface area contributed by atoms with E-state index in [4.69, 9.17) is 0 Å². The molecule has 24 heavy (non-hydrogen) atoms. The van der Waals surface area contributed by atoms with Crippen molar-refractivity contribution in [2.75, 3.05) is 12.0 Å². The van der Waals surface area contributed by atoms with E-state index < -0.39 is 21.1 Å². The van der Waals surface area contributed by atoms with E-state index >= 15 is 0 Å². The molecule has 0 fully saturated rings. The highest BCUT2D eigenvalue weighted by Crippen LogP contribution is 2.12. The molecule has 0 aromatic carbocycles. The van der Waals surface area contributed by atoms with Gasteiger partial charge in [0.2, 0.25) is 0 Å². The second-order valence-electron chi connectivity index (χ2n) is 6.20. The van der Waals surface area contributed by atoms with Gasteiger partial charge in [0.1, 0.15) is 15.7 Å². The van der Waals surface area contributed by atoms with Crippen LogP contribution in [0, 0.1) is 6.92 Å². The molecule has 134 valence electrons. The fraction of sp³-hybridized carbons (Fsp3) is 0.667. The van der Waals surface area contributed by atoms with Crippen LogP contribution in [0.15, 0.2) is 9.59 Å². The Bertz CT molecular complexity index is 937. The van der Waals surface area contributed by atoms with Gasteiger partial charge in [-0.15, -0.1) is 0 Å². The first kappa shape index (κ1) is 18.4. The Kier molecular flexibility index (Phi) is 5.63. The van der Waals surface area contributed by atoms with E-state index in [-0.39, 0.29) is 5.75 Å². The van der Waals surface area contributed by atoms with Crippen LogP contribution in [0.3, 0.4) is 0 Å². The van der Waals surface area contributed by atoms with E-state index in [0.29, 0.717) is 30.0 Å². The van der Waals surface area contributed by atoms with Gasteiger partial charge in [-0.3, -0.25) is 14.3 Å². The zero-order valence-electron chi connectivity index (χ0n) is 14.3. The van der Waals surface area contributed by atoms with E-state index in [1.165, 1.54) is 10.8 Å². The van der Waals surface area contributed by atoms with Crippen molar-refractivity contribution in [2.24, 2.45) is 7.05 Å². The maximum atomic E-state index is 12.1. The summed E-state index contributed by atoms with van der Waals surface area (Å²) in [4.78, 5) is 30.3. The number of aromatic amines is 1. The van der Waals surface area contributed by atoms with Crippen LogP contribution in [0.25, 0.3) is 11.2 Å². The molecule has 2 rings (SSSR count). The fourth-order valence-electron chi connectivity index (χ4n) is 2.78. The average Bonchev–Trinajstić information content (AvgIpc) is 2.80. The quantitative estimate of drug-likeness (QED) is 0.702. The zero-order chi connectivity index (χ0) is 17.9. The number of unbranched alkanes of at least 4 members (excludes halogenated alkanes) is 4. The number of nitrogens with one attached hydrogen (secondary N) is 1. The minimum absolute atomic E-state index is 0.238. The van der Waals surface area contributed by atoms with Gasteiger partial charge in [-0.05, 0) is 19.8 Å². The Morgan fingerprint density at radius 3 is 2.38 bits per heavy atom. The first-order chi connectivity index (χ1) is 11.2. The Morgan fingerprint density at radius 2 is 1.71 bits per heavy atom. The molecule has 1 N–H and O–H groups in total. The molecule has 2 aromatic rings. The Hall–Kier alpha value is -1.90. The molecule has 0 saturated heterocycles. The first-order valence-electron chi connectivity index (χ1n) is 8.04. The molecule has 0 spiro atoms.